The Morgan fingerprint density at radius 3 is 1.85 bits per heavy atom. The monoisotopic (exact) mass is 351 g/mol. The molecule has 0 saturated carbocycles. The van der Waals surface area contributed by atoms with Crippen molar-refractivity contribution >= 4 is 11.4 Å². The van der Waals surface area contributed by atoms with Crippen LogP contribution >= 0.6 is 0 Å². The lowest BCUT2D eigenvalue weighted by atomic mass is 10.1. The number of nitrogens with zero attached hydrogens (tertiary/aromatic N) is 2. The van der Waals surface area contributed by atoms with E-state index >= 15 is 0 Å². The molecule has 1 unspecified atom stereocenters. The van der Waals surface area contributed by atoms with Gasteiger partial charge in [-0.25, -0.2) is 0 Å². The third-order valence-corrected chi connectivity index (χ3v) is 4.73. The summed E-state index contributed by atoms with van der Waals surface area (Å²) in [6.07, 6.45) is 0.639. The predicted molar refractivity (Wildman–Crippen MR) is 107 cm³/mol. The molecular formula is C22H27N2O2. The molecule has 0 bridgehead atoms. The topological polar surface area (TPSA) is 24.9 Å². The minimum Gasteiger partial charge on any atom is -0.482 e. The molecule has 0 N–H and O–H groups in total. The summed E-state index contributed by atoms with van der Waals surface area (Å²) in [7, 11) is 3.46. The van der Waals surface area contributed by atoms with Gasteiger partial charge in [-0.15, -0.1) is 0 Å². The maximum atomic E-state index is 5.86. The molecule has 26 heavy (non-hydrogen) atoms. The average Bonchev–Trinajstić information content (AvgIpc) is 2.67. The molecule has 1 aliphatic heterocycles. The van der Waals surface area contributed by atoms with E-state index in [1.54, 1.807) is 14.2 Å². The average molecular weight is 351 g/mol. The third kappa shape index (κ3) is 3.42. The van der Waals surface area contributed by atoms with E-state index in [1.165, 1.54) is 11.1 Å². The highest BCUT2D eigenvalue weighted by Crippen LogP contribution is 2.36. The van der Waals surface area contributed by atoms with Gasteiger partial charge in [-0.1, -0.05) is 42.3 Å². The lowest BCUT2D eigenvalue weighted by Gasteiger charge is -2.43. The highest BCUT2D eigenvalue weighted by molar-refractivity contribution is 5.63. The van der Waals surface area contributed by atoms with E-state index in [2.05, 4.69) is 85.8 Å². The quantitative estimate of drug-likeness (QED) is 0.758. The summed E-state index contributed by atoms with van der Waals surface area (Å²) in [5, 5.41) is 0. The molecule has 0 fully saturated rings. The molecule has 3 rings (SSSR count). The van der Waals surface area contributed by atoms with Gasteiger partial charge in [0.1, 0.15) is 0 Å². The Kier molecular flexibility index (Phi) is 5.52. The van der Waals surface area contributed by atoms with Crippen LogP contribution in [0.3, 0.4) is 0 Å². The number of aryl methyl sites for hydroxylation is 2. The molecule has 0 aromatic heterocycles. The summed E-state index contributed by atoms with van der Waals surface area (Å²) in [6, 6.07) is 16.9. The number of benzene rings is 2. The van der Waals surface area contributed by atoms with E-state index in [4.69, 9.17) is 9.47 Å². The van der Waals surface area contributed by atoms with Crippen molar-refractivity contribution < 1.29 is 9.47 Å². The molecule has 1 radical (unpaired) electrons. The van der Waals surface area contributed by atoms with Gasteiger partial charge in [-0.3, -0.25) is 4.90 Å². The predicted octanol–water partition coefficient (Wildman–Crippen LogP) is 4.99. The van der Waals surface area contributed by atoms with Gasteiger partial charge in [0, 0.05) is 24.1 Å². The van der Waals surface area contributed by atoms with E-state index < -0.39 is 0 Å². The molecule has 2 aromatic carbocycles. The van der Waals surface area contributed by atoms with Crippen molar-refractivity contribution in [3.8, 4) is 0 Å². The zero-order valence-electron chi connectivity index (χ0n) is 16.2. The smallest absolute Gasteiger partial charge is 0.199 e. The molecule has 4 heteroatoms. The van der Waals surface area contributed by atoms with Crippen LogP contribution in [0.25, 0.3) is 0 Å². The molecule has 0 amide bonds. The number of hydrogen-bond acceptors (Lipinski definition) is 4. The van der Waals surface area contributed by atoms with Crippen molar-refractivity contribution in [2.24, 2.45) is 0 Å². The fourth-order valence-electron chi connectivity index (χ4n) is 3.28. The van der Waals surface area contributed by atoms with Crippen LogP contribution < -0.4 is 9.80 Å². The Morgan fingerprint density at radius 2 is 1.38 bits per heavy atom. The van der Waals surface area contributed by atoms with Gasteiger partial charge >= 0.3 is 0 Å². The van der Waals surface area contributed by atoms with Gasteiger partial charge < -0.3 is 14.4 Å². The van der Waals surface area contributed by atoms with Crippen LogP contribution in [-0.2, 0) is 9.47 Å². The summed E-state index contributed by atoms with van der Waals surface area (Å²) >= 11 is 0. The van der Waals surface area contributed by atoms with Gasteiger partial charge in [0.2, 0.25) is 0 Å². The van der Waals surface area contributed by atoms with E-state index in [1.807, 2.05) is 0 Å². The molecule has 0 saturated heterocycles. The number of rotatable bonds is 5. The summed E-state index contributed by atoms with van der Waals surface area (Å²) in [6.45, 7) is 8.37. The van der Waals surface area contributed by atoms with Crippen LogP contribution in [0.2, 0.25) is 0 Å². The SMILES string of the molecule is CCC1=C(OC)N(c2ccc(C)cc2)[CH]N(c2ccc(C)cc2)C1OC. The molecular weight excluding hydrogens is 324 g/mol. The standard InChI is InChI=1S/C22H27N2O2/c1-6-20-21(25-4)23(18-11-7-16(2)8-12-18)15-24(22(20)26-5)19-13-9-17(3)10-14-19/h7-15,21H,6H2,1-5H3. The Balaban J connectivity index is 2.08. The Bertz CT molecular complexity index is 766. The van der Waals surface area contributed by atoms with Crippen LogP contribution in [-0.4, -0.2) is 20.4 Å². The normalized spacial score (nSPS) is 17.7. The fourth-order valence-corrected chi connectivity index (χ4v) is 3.28. The van der Waals surface area contributed by atoms with Crippen LogP contribution in [0.15, 0.2) is 60.0 Å². The number of anilines is 2. The summed E-state index contributed by atoms with van der Waals surface area (Å²) in [5.41, 5.74) is 5.72. The molecule has 1 aliphatic rings. The van der Waals surface area contributed by atoms with Crippen molar-refractivity contribution in [2.45, 2.75) is 33.4 Å². The number of hydrogen-bond donors (Lipinski definition) is 0. The first-order valence-corrected chi connectivity index (χ1v) is 8.94. The van der Waals surface area contributed by atoms with Crippen molar-refractivity contribution in [2.75, 3.05) is 24.0 Å². The third-order valence-electron chi connectivity index (χ3n) is 4.73. The Hall–Kier alpha value is -2.46. The maximum absolute atomic E-state index is 5.86. The van der Waals surface area contributed by atoms with E-state index in [0.29, 0.717) is 0 Å². The Labute approximate surface area is 156 Å². The second-order valence-electron chi connectivity index (χ2n) is 6.54. The molecule has 137 valence electrons. The first-order chi connectivity index (χ1) is 12.6. The van der Waals surface area contributed by atoms with Crippen LogP contribution in [0, 0.1) is 20.5 Å². The van der Waals surface area contributed by atoms with E-state index in [9.17, 15) is 0 Å². The zero-order valence-corrected chi connectivity index (χ0v) is 16.2. The number of ether oxygens (including phenoxy) is 2. The fraction of sp³-hybridized carbons (Fsp3) is 0.318. The lowest BCUT2D eigenvalue weighted by molar-refractivity contribution is 0.114. The van der Waals surface area contributed by atoms with Crippen LogP contribution in [0.1, 0.15) is 24.5 Å². The van der Waals surface area contributed by atoms with Gasteiger partial charge in [-0.2, -0.15) is 0 Å². The van der Waals surface area contributed by atoms with Crippen molar-refractivity contribution in [3.63, 3.8) is 0 Å². The van der Waals surface area contributed by atoms with Crippen molar-refractivity contribution in [1.82, 2.24) is 0 Å². The van der Waals surface area contributed by atoms with Crippen molar-refractivity contribution in [3.05, 3.63) is 77.8 Å². The first-order valence-electron chi connectivity index (χ1n) is 8.94. The minimum atomic E-state index is -0.195. The highest BCUT2D eigenvalue weighted by Gasteiger charge is 2.35. The van der Waals surface area contributed by atoms with Crippen molar-refractivity contribution in [1.29, 1.82) is 0 Å². The second-order valence-corrected chi connectivity index (χ2v) is 6.54. The molecule has 1 heterocycles. The van der Waals surface area contributed by atoms with E-state index in [0.717, 1.165) is 29.3 Å². The summed E-state index contributed by atoms with van der Waals surface area (Å²) in [4.78, 5) is 4.24. The van der Waals surface area contributed by atoms with Gasteiger partial charge in [0.05, 0.1) is 7.11 Å². The van der Waals surface area contributed by atoms with Gasteiger partial charge in [0.15, 0.2) is 18.8 Å². The van der Waals surface area contributed by atoms with E-state index in [-0.39, 0.29) is 6.23 Å². The maximum Gasteiger partial charge on any atom is 0.199 e. The highest BCUT2D eigenvalue weighted by atomic mass is 16.5. The van der Waals surface area contributed by atoms with Gasteiger partial charge in [-0.05, 0) is 44.5 Å². The first kappa shape index (κ1) is 18.3. The molecule has 0 aliphatic carbocycles. The minimum absolute atomic E-state index is 0.195. The summed E-state index contributed by atoms with van der Waals surface area (Å²) in [5.74, 6) is 0.826. The van der Waals surface area contributed by atoms with Gasteiger partial charge in [0.25, 0.3) is 0 Å². The van der Waals surface area contributed by atoms with Crippen LogP contribution in [0.4, 0.5) is 11.4 Å². The molecule has 1 atom stereocenters. The molecule has 4 nitrogen and oxygen atoms in total. The number of methoxy groups -OCH3 is 2. The zero-order chi connectivity index (χ0) is 18.7. The van der Waals surface area contributed by atoms with Crippen LogP contribution in [0.5, 0.6) is 0 Å². The summed E-state index contributed by atoms with van der Waals surface area (Å²) < 4.78 is 11.7. The molecule has 0 spiro atoms. The molecule has 2 aromatic rings. The lowest BCUT2D eigenvalue weighted by Crippen LogP contribution is -2.48. The second kappa shape index (κ2) is 7.83. The largest absolute Gasteiger partial charge is 0.482 e. The Morgan fingerprint density at radius 1 is 0.846 bits per heavy atom.